The Bertz CT molecular complexity index is 515. The van der Waals surface area contributed by atoms with Crippen molar-refractivity contribution in [1.82, 2.24) is 15.1 Å². The lowest BCUT2D eigenvalue weighted by Gasteiger charge is -2.10. The first-order valence-electron chi connectivity index (χ1n) is 6.64. The summed E-state index contributed by atoms with van der Waals surface area (Å²) in [4.78, 5) is 8.79. The molecule has 2 heterocycles. The van der Waals surface area contributed by atoms with E-state index in [1.165, 1.54) is 0 Å². The standard InChI is InChI=1S/C13H19N5O2/c1-3-14-11-7-12(15-8-10-5-6-20-18-10)17-13(16-11)9-19-4-2/h5-7H,3-4,8-9H2,1-2H3,(H2,14,15,16,17). The van der Waals surface area contributed by atoms with Crippen LogP contribution in [-0.2, 0) is 17.9 Å². The molecule has 0 aliphatic rings. The maximum absolute atomic E-state index is 5.35. The van der Waals surface area contributed by atoms with E-state index in [2.05, 4.69) is 25.8 Å². The highest BCUT2D eigenvalue weighted by Crippen LogP contribution is 2.13. The van der Waals surface area contributed by atoms with E-state index in [1.54, 1.807) is 12.3 Å². The van der Waals surface area contributed by atoms with Gasteiger partial charge in [-0.05, 0) is 13.8 Å². The Labute approximate surface area is 117 Å². The molecule has 0 fully saturated rings. The summed E-state index contributed by atoms with van der Waals surface area (Å²) in [7, 11) is 0. The molecule has 0 atom stereocenters. The second kappa shape index (κ2) is 7.44. The summed E-state index contributed by atoms with van der Waals surface area (Å²) in [5.41, 5.74) is 0.819. The molecular weight excluding hydrogens is 258 g/mol. The van der Waals surface area contributed by atoms with Crippen LogP contribution in [0.1, 0.15) is 25.4 Å². The van der Waals surface area contributed by atoms with Gasteiger partial charge in [0.1, 0.15) is 30.2 Å². The van der Waals surface area contributed by atoms with Crippen LogP contribution >= 0.6 is 0 Å². The van der Waals surface area contributed by atoms with Crippen LogP contribution in [-0.4, -0.2) is 28.3 Å². The summed E-state index contributed by atoms with van der Waals surface area (Å²) in [5, 5.41) is 10.2. The predicted molar refractivity (Wildman–Crippen MR) is 75.4 cm³/mol. The number of anilines is 2. The molecule has 2 N–H and O–H groups in total. The van der Waals surface area contributed by atoms with Crippen LogP contribution in [0.3, 0.4) is 0 Å². The highest BCUT2D eigenvalue weighted by Gasteiger charge is 2.05. The Morgan fingerprint density at radius 3 is 2.65 bits per heavy atom. The third kappa shape index (κ3) is 4.20. The lowest BCUT2D eigenvalue weighted by molar-refractivity contribution is 0.128. The van der Waals surface area contributed by atoms with Crippen molar-refractivity contribution in [2.24, 2.45) is 0 Å². The molecule has 0 bridgehead atoms. The number of rotatable bonds is 8. The molecule has 0 amide bonds. The zero-order chi connectivity index (χ0) is 14.2. The number of hydrogen-bond donors (Lipinski definition) is 2. The van der Waals surface area contributed by atoms with Gasteiger partial charge in [-0.3, -0.25) is 0 Å². The molecule has 0 saturated heterocycles. The van der Waals surface area contributed by atoms with Crippen molar-refractivity contribution < 1.29 is 9.26 Å². The van der Waals surface area contributed by atoms with Crippen molar-refractivity contribution >= 4 is 11.6 Å². The van der Waals surface area contributed by atoms with Crippen molar-refractivity contribution in [3.8, 4) is 0 Å². The van der Waals surface area contributed by atoms with Crippen LogP contribution in [0.2, 0.25) is 0 Å². The lowest BCUT2D eigenvalue weighted by atomic mass is 10.4. The van der Waals surface area contributed by atoms with Gasteiger partial charge in [0.25, 0.3) is 0 Å². The summed E-state index contributed by atoms with van der Waals surface area (Å²) >= 11 is 0. The molecule has 20 heavy (non-hydrogen) atoms. The van der Waals surface area contributed by atoms with Gasteiger partial charge in [-0.15, -0.1) is 0 Å². The number of nitrogens with zero attached hydrogens (tertiary/aromatic N) is 3. The van der Waals surface area contributed by atoms with Gasteiger partial charge in [-0.1, -0.05) is 5.16 Å². The van der Waals surface area contributed by atoms with Crippen LogP contribution in [0.4, 0.5) is 11.6 Å². The average molecular weight is 277 g/mol. The van der Waals surface area contributed by atoms with Crippen molar-refractivity contribution in [1.29, 1.82) is 0 Å². The van der Waals surface area contributed by atoms with Crippen LogP contribution in [0.25, 0.3) is 0 Å². The summed E-state index contributed by atoms with van der Waals surface area (Å²) in [6.07, 6.45) is 1.54. The molecule has 2 aromatic heterocycles. The van der Waals surface area contributed by atoms with Crippen LogP contribution in [0, 0.1) is 0 Å². The van der Waals surface area contributed by atoms with Gasteiger partial charge < -0.3 is 19.9 Å². The van der Waals surface area contributed by atoms with E-state index in [1.807, 2.05) is 19.9 Å². The molecule has 0 spiro atoms. The summed E-state index contributed by atoms with van der Waals surface area (Å²) in [6.45, 7) is 6.34. The van der Waals surface area contributed by atoms with E-state index in [9.17, 15) is 0 Å². The van der Waals surface area contributed by atoms with Gasteiger partial charge in [-0.25, -0.2) is 9.97 Å². The maximum Gasteiger partial charge on any atom is 0.158 e. The Morgan fingerprint density at radius 1 is 1.20 bits per heavy atom. The fourth-order valence-corrected chi connectivity index (χ4v) is 1.63. The molecule has 0 saturated carbocycles. The predicted octanol–water partition coefficient (Wildman–Crippen LogP) is 2.04. The number of nitrogens with one attached hydrogen (secondary N) is 2. The fraction of sp³-hybridized carbons (Fsp3) is 0.462. The van der Waals surface area contributed by atoms with E-state index in [4.69, 9.17) is 9.26 Å². The van der Waals surface area contributed by atoms with Crippen molar-refractivity contribution in [2.75, 3.05) is 23.8 Å². The molecule has 7 nitrogen and oxygen atoms in total. The summed E-state index contributed by atoms with van der Waals surface area (Å²) in [6, 6.07) is 3.67. The molecule has 2 aromatic rings. The third-order valence-electron chi connectivity index (χ3n) is 2.51. The minimum absolute atomic E-state index is 0.397. The molecule has 0 aliphatic heterocycles. The molecule has 0 aromatic carbocycles. The van der Waals surface area contributed by atoms with Gasteiger partial charge in [0.2, 0.25) is 0 Å². The third-order valence-corrected chi connectivity index (χ3v) is 2.51. The van der Waals surface area contributed by atoms with Crippen LogP contribution in [0.5, 0.6) is 0 Å². The monoisotopic (exact) mass is 277 g/mol. The molecule has 0 radical (unpaired) electrons. The molecule has 0 unspecified atom stereocenters. The van der Waals surface area contributed by atoms with Crippen molar-refractivity contribution in [3.05, 3.63) is 29.9 Å². The van der Waals surface area contributed by atoms with E-state index < -0.39 is 0 Å². The average Bonchev–Trinajstić information content (AvgIpc) is 2.96. The molecule has 7 heteroatoms. The van der Waals surface area contributed by atoms with E-state index >= 15 is 0 Å². The molecular formula is C13H19N5O2. The minimum atomic E-state index is 0.397. The van der Waals surface area contributed by atoms with Crippen molar-refractivity contribution in [2.45, 2.75) is 27.0 Å². The quantitative estimate of drug-likeness (QED) is 0.763. The Balaban J connectivity index is 2.06. The smallest absolute Gasteiger partial charge is 0.158 e. The van der Waals surface area contributed by atoms with Gasteiger partial charge in [0, 0.05) is 25.3 Å². The zero-order valence-corrected chi connectivity index (χ0v) is 11.7. The highest BCUT2D eigenvalue weighted by atomic mass is 16.5. The van der Waals surface area contributed by atoms with Gasteiger partial charge >= 0.3 is 0 Å². The van der Waals surface area contributed by atoms with Crippen LogP contribution < -0.4 is 10.6 Å². The maximum atomic E-state index is 5.35. The summed E-state index contributed by atoms with van der Waals surface area (Å²) in [5.74, 6) is 2.15. The number of hydrogen-bond acceptors (Lipinski definition) is 7. The Morgan fingerprint density at radius 2 is 2.00 bits per heavy atom. The van der Waals surface area contributed by atoms with Gasteiger partial charge in [0.05, 0.1) is 6.54 Å². The lowest BCUT2D eigenvalue weighted by Crippen LogP contribution is -2.09. The molecule has 108 valence electrons. The first kappa shape index (κ1) is 14.3. The minimum Gasteiger partial charge on any atom is -0.374 e. The normalized spacial score (nSPS) is 10.5. The van der Waals surface area contributed by atoms with Crippen molar-refractivity contribution in [3.63, 3.8) is 0 Å². The number of ether oxygens (including phenoxy) is 1. The topological polar surface area (TPSA) is 85.1 Å². The fourth-order valence-electron chi connectivity index (χ4n) is 1.63. The first-order chi connectivity index (χ1) is 9.81. The van der Waals surface area contributed by atoms with E-state index in [0.717, 1.165) is 23.9 Å². The largest absolute Gasteiger partial charge is 0.374 e. The Hall–Kier alpha value is -2.15. The highest BCUT2D eigenvalue weighted by molar-refractivity contribution is 5.47. The van der Waals surface area contributed by atoms with Gasteiger partial charge in [-0.2, -0.15) is 0 Å². The first-order valence-corrected chi connectivity index (χ1v) is 6.64. The van der Waals surface area contributed by atoms with Crippen LogP contribution in [0.15, 0.2) is 22.9 Å². The molecule has 2 rings (SSSR count). The zero-order valence-electron chi connectivity index (χ0n) is 11.7. The van der Waals surface area contributed by atoms with Gasteiger partial charge in [0.15, 0.2) is 5.82 Å². The molecule has 0 aliphatic carbocycles. The van der Waals surface area contributed by atoms with E-state index in [-0.39, 0.29) is 0 Å². The SMILES string of the molecule is CCNc1cc(NCc2ccon2)nc(COCC)n1. The number of aromatic nitrogens is 3. The summed E-state index contributed by atoms with van der Waals surface area (Å²) < 4.78 is 10.1. The second-order valence-corrected chi connectivity index (χ2v) is 4.07. The Kier molecular flexibility index (Phi) is 5.31. The second-order valence-electron chi connectivity index (χ2n) is 4.07. The van der Waals surface area contributed by atoms with E-state index in [0.29, 0.717) is 25.6 Å².